The van der Waals surface area contributed by atoms with Gasteiger partial charge in [0.15, 0.2) is 11.0 Å². The van der Waals surface area contributed by atoms with Crippen molar-refractivity contribution in [3.8, 4) is 22.8 Å². The second-order valence-electron chi connectivity index (χ2n) is 6.06. The normalized spacial score (nSPS) is 10.5. The van der Waals surface area contributed by atoms with Gasteiger partial charge in [-0.15, -0.1) is 16.8 Å². The van der Waals surface area contributed by atoms with E-state index in [-0.39, 0.29) is 11.7 Å². The summed E-state index contributed by atoms with van der Waals surface area (Å²) in [5.74, 6) is 1.53. The molecule has 0 unspecified atom stereocenters. The van der Waals surface area contributed by atoms with Gasteiger partial charge < -0.3 is 10.1 Å². The Kier molecular flexibility index (Phi) is 6.49. The van der Waals surface area contributed by atoms with E-state index in [1.54, 1.807) is 13.2 Å². The number of nitrogens with zero attached hydrogens (tertiary/aromatic N) is 3. The van der Waals surface area contributed by atoms with Crippen LogP contribution in [0, 0.1) is 6.92 Å². The fourth-order valence-corrected chi connectivity index (χ4v) is 3.44. The number of ether oxygens (including phenoxy) is 1. The molecule has 2 aromatic carbocycles. The van der Waals surface area contributed by atoms with Crippen LogP contribution in [0.25, 0.3) is 17.1 Å². The van der Waals surface area contributed by atoms with Crippen molar-refractivity contribution < 1.29 is 9.53 Å². The number of rotatable bonds is 8. The molecule has 0 fully saturated rings. The molecular weight excluding hydrogens is 372 g/mol. The Bertz CT molecular complexity index is 967. The third kappa shape index (κ3) is 4.43. The summed E-state index contributed by atoms with van der Waals surface area (Å²) in [4.78, 5) is 12.0. The van der Waals surface area contributed by atoms with Crippen LogP contribution in [0.15, 0.2) is 66.3 Å². The van der Waals surface area contributed by atoms with E-state index < -0.39 is 0 Å². The third-order valence-electron chi connectivity index (χ3n) is 4.05. The maximum Gasteiger partial charge on any atom is 0.230 e. The Morgan fingerprint density at radius 3 is 2.68 bits per heavy atom. The van der Waals surface area contributed by atoms with Crippen LogP contribution in [0.3, 0.4) is 0 Å². The van der Waals surface area contributed by atoms with Gasteiger partial charge in [-0.25, -0.2) is 0 Å². The number of para-hydroxylation sites is 1. The summed E-state index contributed by atoms with van der Waals surface area (Å²) in [5, 5.41) is 12.1. The minimum atomic E-state index is -0.0813. The van der Waals surface area contributed by atoms with Gasteiger partial charge in [0, 0.05) is 12.2 Å². The fraction of sp³-hybridized carbons (Fsp3) is 0.190. The number of amides is 1. The molecule has 0 atom stereocenters. The molecule has 0 saturated carbocycles. The Balaban J connectivity index is 2.01. The smallest absolute Gasteiger partial charge is 0.230 e. The van der Waals surface area contributed by atoms with Gasteiger partial charge >= 0.3 is 0 Å². The van der Waals surface area contributed by atoms with Gasteiger partial charge in [-0.05, 0) is 31.2 Å². The van der Waals surface area contributed by atoms with Crippen LogP contribution in [0.4, 0.5) is 0 Å². The number of benzene rings is 2. The van der Waals surface area contributed by atoms with E-state index in [2.05, 4.69) is 22.1 Å². The first kappa shape index (κ1) is 19.7. The van der Waals surface area contributed by atoms with Gasteiger partial charge in [0.1, 0.15) is 5.75 Å². The van der Waals surface area contributed by atoms with Gasteiger partial charge in [-0.1, -0.05) is 47.7 Å². The van der Waals surface area contributed by atoms with Crippen molar-refractivity contribution in [3.05, 3.63) is 66.7 Å². The number of aryl methyl sites for hydroxylation is 1. The summed E-state index contributed by atoms with van der Waals surface area (Å²) in [6, 6.07) is 15.8. The van der Waals surface area contributed by atoms with Gasteiger partial charge in [-0.2, -0.15) is 0 Å². The second kappa shape index (κ2) is 9.23. The number of nitrogens with one attached hydrogen (secondary N) is 1. The molecule has 0 saturated heterocycles. The number of methoxy groups -OCH3 is 1. The predicted octanol–water partition coefficient (Wildman–Crippen LogP) is 3.65. The first-order valence-corrected chi connectivity index (χ1v) is 9.79. The van der Waals surface area contributed by atoms with Crippen molar-refractivity contribution in [2.75, 3.05) is 19.4 Å². The van der Waals surface area contributed by atoms with Gasteiger partial charge in [-0.3, -0.25) is 9.36 Å². The van der Waals surface area contributed by atoms with E-state index in [0.29, 0.717) is 23.3 Å². The molecule has 0 aliphatic heterocycles. The zero-order valence-corrected chi connectivity index (χ0v) is 16.7. The fourth-order valence-electron chi connectivity index (χ4n) is 2.66. The topological polar surface area (TPSA) is 69.0 Å². The van der Waals surface area contributed by atoms with Crippen LogP contribution in [0.5, 0.6) is 5.75 Å². The molecule has 1 heterocycles. The van der Waals surface area contributed by atoms with E-state index >= 15 is 0 Å². The molecule has 6 nitrogen and oxygen atoms in total. The highest BCUT2D eigenvalue weighted by molar-refractivity contribution is 7.99. The van der Waals surface area contributed by atoms with E-state index in [4.69, 9.17) is 4.74 Å². The SMILES string of the molecule is C=CCNC(=O)CSc1nnc(-c2ccccc2OC)n1-c1ccc(C)cc1. The van der Waals surface area contributed by atoms with E-state index in [9.17, 15) is 4.79 Å². The van der Waals surface area contributed by atoms with Gasteiger partial charge in [0.25, 0.3) is 0 Å². The quantitative estimate of drug-likeness (QED) is 0.467. The molecule has 28 heavy (non-hydrogen) atoms. The van der Waals surface area contributed by atoms with E-state index in [0.717, 1.165) is 16.8 Å². The Hall–Kier alpha value is -3.06. The maximum atomic E-state index is 12.0. The highest BCUT2D eigenvalue weighted by atomic mass is 32.2. The highest BCUT2D eigenvalue weighted by Gasteiger charge is 2.19. The molecule has 3 rings (SSSR count). The monoisotopic (exact) mass is 394 g/mol. The van der Waals surface area contributed by atoms with Crippen molar-refractivity contribution >= 4 is 17.7 Å². The number of carbonyl (C=O) groups excluding carboxylic acids is 1. The maximum absolute atomic E-state index is 12.0. The van der Waals surface area contributed by atoms with Crippen molar-refractivity contribution in [2.24, 2.45) is 0 Å². The molecule has 1 aromatic heterocycles. The molecular formula is C21H22N4O2S. The standard InChI is InChI=1S/C21H22N4O2S/c1-4-13-22-19(26)14-28-21-24-23-20(17-7-5-6-8-18(17)27-3)25(21)16-11-9-15(2)10-12-16/h4-12H,1,13-14H2,2-3H3,(H,22,26). The number of carbonyl (C=O) groups is 1. The van der Waals surface area contributed by atoms with Gasteiger partial charge in [0.2, 0.25) is 5.91 Å². The average Bonchev–Trinajstić information content (AvgIpc) is 3.15. The predicted molar refractivity (Wildman–Crippen MR) is 112 cm³/mol. The molecule has 0 radical (unpaired) electrons. The number of aromatic nitrogens is 3. The lowest BCUT2D eigenvalue weighted by Crippen LogP contribution is -2.25. The highest BCUT2D eigenvalue weighted by Crippen LogP contribution is 2.33. The largest absolute Gasteiger partial charge is 0.496 e. The van der Waals surface area contributed by atoms with E-state index in [1.807, 2.05) is 60.0 Å². The van der Waals surface area contributed by atoms with Crippen molar-refractivity contribution in [3.63, 3.8) is 0 Å². The number of hydrogen-bond acceptors (Lipinski definition) is 5. The van der Waals surface area contributed by atoms with E-state index in [1.165, 1.54) is 11.8 Å². The lowest BCUT2D eigenvalue weighted by molar-refractivity contribution is -0.118. The molecule has 1 amide bonds. The molecule has 3 aromatic rings. The van der Waals surface area contributed by atoms with Crippen LogP contribution in [-0.2, 0) is 4.79 Å². The number of thioether (sulfide) groups is 1. The van der Waals surface area contributed by atoms with Crippen LogP contribution in [0.2, 0.25) is 0 Å². The Morgan fingerprint density at radius 1 is 1.21 bits per heavy atom. The first-order chi connectivity index (χ1) is 13.6. The zero-order valence-electron chi connectivity index (χ0n) is 15.9. The van der Waals surface area contributed by atoms with Crippen LogP contribution >= 0.6 is 11.8 Å². The molecule has 144 valence electrons. The van der Waals surface area contributed by atoms with Crippen LogP contribution < -0.4 is 10.1 Å². The zero-order chi connectivity index (χ0) is 19.9. The minimum absolute atomic E-state index is 0.0813. The average molecular weight is 395 g/mol. The summed E-state index contributed by atoms with van der Waals surface area (Å²) in [7, 11) is 1.63. The molecule has 0 aliphatic rings. The summed E-state index contributed by atoms with van der Waals surface area (Å²) in [6.45, 7) is 6.08. The third-order valence-corrected chi connectivity index (χ3v) is 4.98. The van der Waals surface area contributed by atoms with Gasteiger partial charge in [0.05, 0.1) is 18.4 Å². The summed E-state index contributed by atoms with van der Waals surface area (Å²) in [6.07, 6.45) is 1.65. The van der Waals surface area contributed by atoms with Crippen molar-refractivity contribution in [2.45, 2.75) is 12.1 Å². The Labute approximate surface area is 168 Å². The Morgan fingerprint density at radius 2 is 1.96 bits per heavy atom. The van der Waals surface area contributed by atoms with Crippen molar-refractivity contribution in [1.29, 1.82) is 0 Å². The lowest BCUT2D eigenvalue weighted by Gasteiger charge is -2.12. The molecule has 1 N–H and O–H groups in total. The van der Waals surface area contributed by atoms with Crippen molar-refractivity contribution in [1.82, 2.24) is 20.1 Å². The summed E-state index contributed by atoms with van der Waals surface area (Å²) in [5.41, 5.74) is 2.92. The molecule has 7 heteroatoms. The number of hydrogen-bond donors (Lipinski definition) is 1. The molecule has 0 bridgehead atoms. The van der Waals surface area contributed by atoms with Crippen LogP contribution in [-0.4, -0.2) is 40.1 Å². The minimum Gasteiger partial charge on any atom is -0.496 e. The summed E-state index contributed by atoms with van der Waals surface area (Å²) < 4.78 is 7.45. The first-order valence-electron chi connectivity index (χ1n) is 8.80. The molecule has 0 aliphatic carbocycles. The molecule has 0 spiro atoms. The second-order valence-corrected chi connectivity index (χ2v) is 7.00. The van der Waals surface area contributed by atoms with Crippen LogP contribution in [0.1, 0.15) is 5.56 Å². The lowest BCUT2D eigenvalue weighted by atomic mass is 10.1. The summed E-state index contributed by atoms with van der Waals surface area (Å²) >= 11 is 1.34.